The van der Waals surface area contributed by atoms with Crippen molar-refractivity contribution in [3.8, 4) is 0 Å². The molecule has 2 rings (SSSR count). The minimum absolute atomic E-state index is 0.208. The number of anilines is 1. The Morgan fingerprint density at radius 1 is 1.00 bits per heavy atom. The van der Waals surface area contributed by atoms with Gasteiger partial charge in [0.05, 0.1) is 11.9 Å². The van der Waals surface area contributed by atoms with Crippen molar-refractivity contribution in [1.82, 2.24) is 10.2 Å². The zero-order valence-corrected chi connectivity index (χ0v) is 21.0. The Hall–Kier alpha value is -2.87. The van der Waals surface area contributed by atoms with Crippen LogP contribution in [0.1, 0.15) is 43.4 Å². The van der Waals surface area contributed by atoms with Crippen molar-refractivity contribution in [2.75, 3.05) is 23.7 Å². The predicted molar refractivity (Wildman–Crippen MR) is 132 cm³/mol. The van der Waals surface area contributed by atoms with Gasteiger partial charge in [-0.25, -0.2) is 8.42 Å². The molecule has 0 spiro atoms. The second-order valence-corrected chi connectivity index (χ2v) is 10.2. The fourth-order valence-corrected chi connectivity index (χ4v) is 4.43. The van der Waals surface area contributed by atoms with E-state index in [1.807, 2.05) is 44.2 Å². The second-order valence-electron chi connectivity index (χ2n) is 8.32. The minimum Gasteiger partial charge on any atom is -0.354 e. The van der Waals surface area contributed by atoms with E-state index in [0.29, 0.717) is 12.2 Å². The molecule has 2 aromatic rings. The standard InChI is InChI=1S/C25H35N3O4S/c1-6-7-16-26-25(30)21(4)27(17-22-14-10-8-12-19(22)2)24(29)18-28(33(5,31)32)23-15-11-9-13-20(23)3/h8-15,21H,6-7,16-18H2,1-5H3,(H,26,30). The highest BCUT2D eigenvalue weighted by Gasteiger charge is 2.30. The number of unbranched alkanes of at least 4 members (excludes halogenated alkanes) is 1. The number of benzene rings is 2. The molecule has 180 valence electrons. The van der Waals surface area contributed by atoms with Crippen molar-refractivity contribution in [2.45, 2.75) is 53.1 Å². The topological polar surface area (TPSA) is 86.8 Å². The van der Waals surface area contributed by atoms with Gasteiger partial charge in [-0.15, -0.1) is 0 Å². The number of carbonyl (C=O) groups is 2. The monoisotopic (exact) mass is 473 g/mol. The third-order valence-electron chi connectivity index (χ3n) is 5.66. The van der Waals surface area contributed by atoms with Crippen LogP contribution in [0.3, 0.4) is 0 Å². The summed E-state index contributed by atoms with van der Waals surface area (Å²) in [4.78, 5) is 27.8. The summed E-state index contributed by atoms with van der Waals surface area (Å²) in [5.41, 5.74) is 3.09. The first kappa shape index (κ1) is 26.4. The molecule has 0 aliphatic rings. The molecule has 2 amide bonds. The number of nitrogens with one attached hydrogen (secondary N) is 1. The lowest BCUT2D eigenvalue weighted by molar-refractivity contribution is -0.139. The van der Waals surface area contributed by atoms with Crippen molar-refractivity contribution in [1.29, 1.82) is 0 Å². The van der Waals surface area contributed by atoms with Crippen LogP contribution in [0, 0.1) is 13.8 Å². The zero-order chi connectivity index (χ0) is 24.6. The molecule has 1 atom stereocenters. The maximum absolute atomic E-state index is 13.5. The predicted octanol–water partition coefficient (Wildman–Crippen LogP) is 3.40. The van der Waals surface area contributed by atoms with Gasteiger partial charge in [0, 0.05) is 13.1 Å². The molecule has 7 nitrogen and oxygen atoms in total. The number of aryl methyl sites for hydroxylation is 2. The average Bonchev–Trinajstić information content (AvgIpc) is 2.76. The molecular weight excluding hydrogens is 438 g/mol. The van der Waals surface area contributed by atoms with Crippen LogP contribution in [0.5, 0.6) is 0 Å². The molecule has 0 aliphatic heterocycles. The van der Waals surface area contributed by atoms with Gasteiger partial charge in [-0.3, -0.25) is 13.9 Å². The summed E-state index contributed by atoms with van der Waals surface area (Å²) in [6.45, 7) is 7.81. The van der Waals surface area contributed by atoms with E-state index >= 15 is 0 Å². The highest BCUT2D eigenvalue weighted by Crippen LogP contribution is 2.23. The van der Waals surface area contributed by atoms with E-state index in [2.05, 4.69) is 5.32 Å². The van der Waals surface area contributed by atoms with Gasteiger partial charge in [0.25, 0.3) is 0 Å². The lowest BCUT2D eigenvalue weighted by atomic mass is 10.1. The molecule has 8 heteroatoms. The molecule has 1 unspecified atom stereocenters. The first-order valence-corrected chi connectivity index (χ1v) is 13.1. The van der Waals surface area contributed by atoms with E-state index in [1.54, 1.807) is 32.0 Å². The van der Waals surface area contributed by atoms with E-state index in [-0.39, 0.29) is 19.0 Å². The second kappa shape index (κ2) is 11.8. The summed E-state index contributed by atoms with van der Waals surface area (Å²) in [5.74, 6) is -0.697. The third-order valence-corrected chi connectivity index (χ3v) is 6.79. The van der Waals surface area contributed by atoms with Gasteiger partial charge in [0.15, 0.2) is 0 Å². The lowest BCUT2D eigenvalue weighted by Gasteiger charge is -2.32. The van der Waals surface area contributed by atoms with Crippen LogP contribution in [0.4, 0.5) is 5.69 Å². The van der Waals surface area contributed by atoms with Crippen molar-refractivity contribution >= 4 is 27.5 Å². The Bertz CT molecular complexity index is 1070. The summed E-state index contributed by atoms with van der Waals surface area (Å²) in [5, 5.41) is 2.88. The first-order valence-electron chi connectivity index (χ1n) is 11.2. The summed E-state index contributed by atoms with van der Waals surface area (Å²) < 4.78 is 26.3. The van der Waals surface area contributed by atoms with E-state index < -0.39 is 22.0 Å². The Labute approximate surface area is 197 Å². The van der Waals surface area contributed by atoms with E-state index in [9.17, 15) is 18.0 Å². The largest absolute Gasteiger partial charge is 0.354 e. The van der Waals surface area contributed by atoms with Gasteiger partial charge in [-0.05, 0) is 49.9 Å². The molecule has 2 aromatic carbocycles. The quantitative estimate of drug-likeness (QED) is 0.507. The molecule has 0 saturated heterocycles. The van der Waals surface area contributed by atoms with Gasteiger partial charge in [-0.1, -0.05) is 55.8 Å². The maximum atomic E-state index is 13.5. The zero-order valence-electron chi connectivity index (χ0n) is 20.2. The summed E-state index contributed by atoms with van der Waals surface area (Å²) in [6, 6.07) is 13.9. The van der Waals surface area contributed by atoms with Gasteiger partial charge in [0.2, 0.25) is 21.8 Å². The normalized spacial score (nSPS) is 12.2. The van der Waals surface area contributed by atoms with Crippen molar-refractivity contribution < 1.29 is 18.0 Å². The van der Waals surface area contributed by atoms with Crippen molar-refractivity contribution in [3.63, 3.8) is 0 Å². The molecule has 0 fully saturated rings. The Morgan fingerprint density at radius 3 is 2.18 bits per heavy atom. The molecule has 0 radical (unpaired) electrons. The average molecular weight is 474 g/mol. The maximum Gasteiger partial charge on any atom is 0.244 e. The third kappa shape index (κ3) is 7.32. The van der Waals surface area contributed by atoms with Crippen LogP contribution in [-0.2, 0) is 26.2 Å². The molecular formula is C25H35N3O4S. The van der Waals surface area contributed by atoms with Crippen molar-refractivity contribution in [3.05, 3.63) is 65.2 Å². The first-order chi connectivity index (χ1) is 15.6. The number of amides is 2. The number of hydrogen-bond donors (Lipinski definition) is 1. The lowest BCUT2D eigenvalue weighted by Crippen LogP contribution is -2.51. The van der Waals surface area contributed by atoms with Gasteiger partial charge in [-0.2, -0.15) is 0 Å². The Morgan fingerprint density at radius 2 is 1.61 bits per heavy atom. The molecule has 1 N–H and O–H groups in total. The fourth-order valence-electron chi connectivity index (χ4n) is 3.53. The SMILES string of the molecule is CCCCNC(=O)C(C)N(Cc1ccccc1C)C(=O)CN(c1ccccc1C)S(C)(=O)=O. The van der Waals surface area contributed by atoms with Crippen LogP contribution in [0.25, 0.3) is 0 Å². The molecule has 0 aliphatic carbocycles. The number of sulfonamides is 1. The Kier molecular flexibility index (Phi) is 9.46. The number of para-hydroxylation sites is 1. The summed E-state index contributed by atoms with van der Waals surface area (Å²) in [6.07, 6.45) is 2.87. The molecule has 0 aromatic heterocycles. The molecule has 0 saturated carbocycles. The van der Waals surface area contributed by atoms with E-state index in [4.69, 9.17) is 0 Å². The highest BCUT2D eigenvalue weighted by atomic mass is 32.2. The van der Waals surface area contributed by atoms with E-state index in [0.717, 1.165) is 40.1 Å². The van der Waals surface area contributed by atoms with Crippen LogP contribution < -0.4 is 9.62 Å². The molecule has 33 heavy (non-hydrogen) atoms. The van der Waals surface area contributed by atoms with Crippen LogP contribution in [0.2, 0.25) is 0 Å². The molecule has 0 bridgehead atoms. The summed E-state index contributed by atoms with van der Waals surface area (Å²) in [7, 11) is -3.73. The number of hydrogen-bond acceptors (Lipinski definition) is 4. The number of carbonyl (C=O) groups excluding carboxylic acids is 2. The summed E-state index contributed by atoms with van der Waals surface area (Å²) >= 11 is 0. The van der Waals surface area contributed by atoms with Gasteiger partial charge in [0.1, 0.15) is 12.6 Å². The van der Waals surface area contributed by atoms with Gasteiger partial charge < -0.3 is 10.2 Å². The Balaban J connectivity index is 2.37. The fraction of sp³-hybridized carbons (Fsp3) is 0.440. The van der Waals surface area contributed by atoms with Crippen LogP contribution in [-0.4, -0.2) is 50.5 Å². The van der Waals surface area contributed by atoms with Crippen LogP contribution >= 0.6 is 0 Å². The highest BCUT2D eigenvalue weighted by molar-refractivity contribution is 7.92. The van der Waals surface area contributed by atoms with Crippen molar-refractivity contribution in [2.24, 2.45) is 0 Å². The van der Waals surface area contributed by atoms with Crippen LogP contribution in [0.15, 0.2) is 48.5 Å². The smallest absolute Gasteiger partial charge is 0.244 e. The number of nitrogens with zero attached hydrogens (tertiary/aromatic N) is 2. The number of rotatable bonds is 11. The van der Waals surface area contributed by atoms with E-state index in [1.165, 1.54) is 4.90 Å². The molecule has 0 heterocycles. The minimum atomic E-state index is -3.73. The van der Waals surface area contributed by atoms with Gasteiger partial charge >= 0.3 is 0 Å².